The molecule has 0 saturated heterocycles. The predicted molar refractivity (Wildman–Crippen MR) is 220 cm³/mol. The highest BCUT2D eigenvalue weighted by molar-refractivity contribution is 7.47. The molecule has 55 heavy (non-hydrogen) atoms. The predicted octanol–water partition coefficient (Wildman–Crippen LogP) is 9.77. The van der Waals surface area contributed by atoms with E-state index in [1.807, 2.05) is 36.5 Å². The second kappa shape index (κ2) is 37.5. The van der Waals surface area contributed by atoms with Gasteiger partial charge in [0, 0.05) is 12.8 Å². The number of aliphatic hydroxyl groups excluding tert-OH is 3. The third kappa shape index (κ3) is 37.2. The van der Waals surface area contributed by atoms with Gasteiger partial charge < -0.3 is 29.7 Å². The SMILES string of the molecule is CCCCC/C=C\C=C/[C@H](O)C/C=C\C/C=C/CCCC(=O)O[C@H](COC(=O)CCCCCCCCCCCCC(C)CC)COP(=O)(O)OC[C@@H](O)CO. The molecule has 0 heterocycles. The van der Waals surface area contributed by atoms with Gasteiger partial charge in [-0.3, -0.25) is 18.6 Å². The van der Waals surface area contributed by atoms with Gasteiger partial charge in [0.2, 0.25) is 0 Å². The fourth-order valence-corrected chi connectivity index (χ4v) is 6.18. The Hall–Kier alpha value is -2.11. The van der Waals surface area contributed by atoms with Crippen LogP contribution in [0.5, 0.6) is 0 Å². The molecule has 0 radical (unpaired) electrons. The molecule has 0 rings (SSSR count). The molecule has 0 aromatic carbocycles. The third-order valence-corrected chi connectivity index (χ3v) is 10.1. The summed E-state index contributed by atoms with van der Waals surface area (Å²) in [4.78, 5) is 34.9. The van der Waals surface area contributed by atoms with Crippen LogP contribution in [0.1, 0.15) is 162 Å². The van der Waals surface area contributed by atoms with Crippen molar-refractivity contribution < 1.29 is 52.9 Å². The van der Waals surface area contributed by atoms with Crippen LogP contribution in [0, 0.1) is 5.92 Å². The van der Waals surface area contributed by atoms with E-state index in [1.165, 1.54) is 70.6 Å². The molecule has 5 atom stereocenters. The monoisotopic (exact) mass is 801 g/mol. The molecule has 12 heteroatoms. The minimum Gasteiger partial charge on any atom is -0.462 e. The number of hydrogen-bond acceptors (Lipinski definition) is 10. The van der Waals surface area contributed by atoms with Gasteiger partial charge >= 0.3 is 19.8 Å². The smallest absolute Gasteiger partial charge is 0.462 e. The van der Waals surface area contributed by atoms with E-state index >= 15 is 0 Å². The van der Waals surface area contributed by atoms with E-state index < -0.39 is 57.9 Å². The average Bonchev–Trinajstić information content (AvgIpc) is 3.17. The lowest BCUT2D eigenvalue weighted by Crippen LogP contribution is -2.29. The first-order valence-corrected chi connectivity index (χ1v) is 22.6. The molecule has 0 bridgehead atoms. The van der Waals surface area contributed by atoms with Crippen molar-refractivity contribution in [1.82, 2.24) is 0 Å². The van der Waals surface area contributed by atoms with E-state index in [4.69, 9.17) is 19.1 Å². The van der Waals surface area contributed by atoms with E-state index in [9.17, 15) is 29.3 Å². The summed E-state index contributed by atoms with van der Waals surface area (Å²) in [5.41, 5.74) is 0. The number of allylic oxidation sites excluding steroid dienone is 6. The topological polar surface area (TPSA) is 169 Å². The number of hydrogen-bond donors (Lipinski definition) is 4. The Balaban J connectivity index is 4.49. The standard InChI is InChI=1S/C43H77O11P/c1-4-6-7-8-14-20-25-30-39(45)31-26-21-16-13-18-23-28-33-43(48)54-41(37-53-55(49,50)52-35-40(46)34-44)36-51-42(47)32-27-22-17-12-10-9-11-15-19-24-29-38(3)5-2/h13-14,18,20-21,25-26,30,38-41,44-46H,4-12,15-17,19,22-24,27-29,31-37H2,1-3H3,(H,49,50)/b18-13+,20-14-,26-21-,30-25-/t38?,39-,40-,41+/m0/s1. The van der Waals surface area contributed by atoms with E-state index in [-0.39, 0.29) is 19.4 Å². The maximum absolute atomic E-state index is 12.6. The Morgan fingerprint density at radius 2 is 1.31 bits per heavy atom. The summed E-state index contributed by atoms with van der Waals surface area (Å²) >= 11 is 0. The lowest BCUT2D eigenvalue weighted by molar-refractivity contribution is -0.161. The zero-order valence-electron chi connectivity index (χ0n) is 34.4. The summed E-state index contributed by atoms with van der Waals surface area (Å²) in [6.45, 7) is 4.52. The highest BCUT2D eigenvalue weighted by Crippen LogP contribution is 2.43. The van der Waals surface area contributed by atoms with Gasteiger partial charge in [0.25, 0.3) is 0 Å². The first-order valence-electron chi connectivity index (χ1n) is 21.1. The highest BCUT2D eigenvalue weighted by atomic mass is 31.2. The van der Waals surface area contributed by atoms with Crippen molar-refractivity contribution in [3.63, 3.8) is 0 Å². The molecule has 0 aliphatic carbocycles. The number of esters is 2. The van der Waals surface area contributed by atoms with Gasteiger partial charge in [0.1, 0.15) is 12.7 Å². The number of carbonyl (C=O) groups excluding carboxylic acids is 2. The van der Waals surface area contributed by atoms with Crippen molar-refractivity contribution in [2.75, 3.05) is 26.4 Å². The van der Waals surface area contributed by atoms with Gasteiger partial charge in [-0.1, -0.05) is 153 Å². The quantitative estimate of drug-likeness (QED) is 0.0154. The second-order valence-electron chi connectivity index (χ2n) is 14.5. The summed E-state index contributed by atoms with van der Waals surface area (Å²) < 4.78 is 32.6. The number of phosphoric ester groups is 1. The second-order valence-corrected chi connectivity index (χ2v) is 15.9. The lowest BCUT2D eigenvalue weighted by Gasteiger charge is -2.20. The average molecular weight is 801 g/mol. The Morgan fingerprint density at radius 1 is 0.691 bits per heavy atom. The largest absolute Gasteiger partial charge is 0.472 e. The Bertz CT molecular complexity index is 1090. The molecule has 0 saturated carbocycles. The van der Waals surface area contributed by atoms with Crippen molar-refractivity contribution in [2.45, 2.75) is 180 Å². The van der Waals surface area contributed by atoms with Gasteiger partial charge in [-0.05, 0) is 50.9 Å². The number of carbonyl (C=O) groups is 2. The summed E-state index contributed by atoms with van der Waals surface area (Å²) in [6.07, 6.45) is 33.9. The van der Waals surface area contributed by atoms with E-state index in [1.54, 1.807) is 6.08 Å². The van der Waals surface area contributed by atoms with Crippen LogP contribution in [0.25, 0.3) is 0 Å². The Kier molecular flexibility index (Phi) is 36.0. The van der Waals surface area contributed by atoms with Gasteiger partial charge in [0.15, 0.2) is 6.10 Å². The molecule has 4 N–H and O–H groups in total. The van der Waals surface area contributed by atoms with Crippen LogP contribution < -0.4 is 0 Å². The zero-order valence-corrected chi connectivity index (χ0v) is 35.3. The molecular weight excluding hydrogens is 723 g/mol. The first kappa shape index (κ1) is 52.9. The van der Waals surface area contributed by atoms with Crippen molar-refractivity contribution in [3.05, 3.63) is 48.6 Å². The minimum atomic E-state index is -4.65. The normalized spacial score (nSPS) is 15.5. The number of phosphoric acid groups is 1. The molecule has 11 nitrogen and oxygen atoms in total. The summed E-state index contributed by atoms with van der Waals surface area (Å²) in [7, 11) is -4.65. The van der Waals surface area contributed by atoms with E-state index in [0.717, 1.165) is 31.6 Å². The van der Waals surface area contributed by atoms with Gasteiger partial charge in [-0.2, -0.15) is 0 Å². The highest BCUT2D eigenvalue weighted by Gasteiger charge is 2.27. The molecule has 0 amide bonds. The Morgan fingerprint density at radius 3 is 1.98 bits per heavy atom. The zero-order chi connectivity index (χ0) is 40.8. The maximum Gasteiger partial charge on any atom is 0.472 e. The molecule has 0 aliphatic heterocycles. The number of ether oxygens (including phenoxy) is 2. The summed E-state index contributed by atoms with van der Waals surface area (Å²) in [5.74, 6) is -0.200. The van der Waals surface area contributed by atoms with Gasteiger partial charge in [-0.25, -0.2) is 4.57 Å². The third-order valence-electron chi connectivity index (χ3n) is 9.11. The van der Waals surface area contributed by atoms with Crippen molar-refractivity contribution in [1.29, 1.82) is 0 Å². The molecule has 0 fully saturated rings. The number of rotatable bonds is 38. The van der Waals surface area contributed by atoms with Crippen LogP contribution in [0.3, 0.4) is 0 Å². The van der Waals surface area contributed by atoms with Crippen molar-refractivity contribution in [2.24, 2.45) is 5.92 Å². The van der Waals surface area contributed by atoms with Crippen molar-refractivity contribution in [3.8, 4) is 0 Å². The minimum absolute atomic E-state index is 0.0738. The van der Waals surface area contributed by atoms with Gasteiger partial charge in [0.05, 0.1) is 25.9 Å². The first-order chi connectivity index (χ1) is 26.5. The molecule has 0 aliphatic rings. The fraction of sp³-hybridized carbons (Fsp3) is 0.767. The molecule has 320 valence electrons. The van der Waals surface area contributed by atoms with Crippen LogP contribution in [0.2, 0.25) is 0 Å². The number of aliphatic hydroxyl groups is 3. The number of unbranched alkanes of at least 4 members (excludes halogenated alkanes) is 13. The van der Waals surface area contributed by atoms with Crippen LogP contribution in [0.15, 0.2) is 48.6 Å². The van der Waals surface area contributed by atoms with Crippen molar-refractivity contribution >= 4 is 19.8 Å². The van der Waals surface area contributed by atoms with Crippen LogP contribution in [-0.2, 0) is 32.7 Å². The summed E-state index contributed by atoms with van der Waals surface area (Å²) in [6, 6.07) is 0. The lowest BCUT2D eigenvalue weighted by atomic mass is 9.99. The van der Waals surface area contributed by atoms with E-state index in [0.29, 0.717) is 32.1 Å². The van der Waals surface area contributed by atoms with Crippen LogP contribution >= 0.6 is 7.82 Å². The Labute approximate surface area is 333 Å². The summed E-state index contributed by atoms with van der Waals surface area (Å²) in [5, 5.41) is 28.4. The maximum atomic E-state index is 12.6. The molecular formula is C43H77O11P. The van der Waals surface area contributed by atoms with Crippen LogP contribution in [0.4, 0.5) is 0 Å². The molecule has 0 aromatic rings. The molecule has 2 unspecified atom stereocenters. The van der Waals surface area contributed by atoms with Crippen LogP contribution in [-0.4, -0.2) is 76.9 Å². The van der Waals surface area contributed by atoms with E-state index in [2.05, 4.69) is 31.4 Å². The molecule has 0 aromatic heterocycles. The fourth-order valence-electron chi connectivity index (χ4n) is 5.39. The molecule has 0 spiro atoms. The van der Waals surface area contributed by atoms with Gasteiger partial charge in [-0.15, -0.1) is 0 Å².